The smallest absolute Gasteiger partial charge is 0.206 e. The van der Waals surface area contributed by atoms with Crippen LogP contribution in [-0.2, 0) is 6.18 Å². The third-order valence-corrected chi connectivity index (χ3v) is 2.62. The molecule has 0 spiro atoms. The quantitative estimate of drug-likeness (QED) is 0.397. The molecule has 0 N–H and O–H groups in total. The van der Waals surface area contributed by atoms with Gasteiger partial charge in [-0.25, -0.2) is 17.6 Å². The second kappa shape index (κ2) is 4.81. The van der Waals surface area contributed by atoms with Gasteiger partial charge in [-0.3, -0.25) is 0 Å². The fraction of sp³-hybridized carbons (Fsp3) is 0.0769. The van der Waals surface area contributed by atoms with Crippen molar-refractivity contribution < 1.29 is 30.7 Å². The highest BCUT2D eigenvalue weighted by molar-refractivity contribution is 5.69. The molecule has 0 amide bonds. The molecule has 0 saturated carbocycles. The molecule has 2 aromatic rings. The Hall–Kier alpha value is -2.05. The predicted octanol–water partition coefficient (Wildman–Crippen LogP) is 4.93. The van der Waals surface area contributed by atoms with Gasteiger partial charge in [0.2, 0.25) is 0 Å². The van der Waals surface area contributed by atoms with Crippen molar-refractivity contribution in [3.8, 4) is 11.1 Å². The summed E-state index contributed by atoms with van der Waals surface area (Å²) in [6.45, 7) is 0. The third-order valence-electron chi connectivity index (χ3n) is 2.62. The number of alkyl halides is 3. The average Bonchev–Trinajstić information content (AvgIpc) is 2.35. The Morgan fingerprint density at radius 3 is 1.95 bits per heavy atom. The van der Waals surface area contributed by atoms with Crippen LogP contribution in [0.1, 0.15) is 5.56 Å². The van der Waals surface area contributed by atoms with Gasteiger partial charge in [0.1, 0.15) is 5.82 Å². The molecule has 106 valence electrons. The van der Waals surface area contributed by atoms with Gasteiger partial charge in [-0.15, -0.1) is 0 Å². The fourth-order valence-electron chi connectivity index (χ4n) is 1.76. The topological polar surface area (TPSA) is 0 Å². The molecular weight excluding hydrogens is 289 g/mol. The van der Waals surface area contributed by atoms with Crippen LogP contribution in [0.25, 0.3) is 11.1 Å². The second-order valence-corrected chi connectivity index (χ2v) is 3.89. The highest BCUT2D eigenvalue weighted by atomic mass is 19.4. The number of rotatable bonds is 1. The van der Waals surface area contributed by atoms with Crippen LogP contribution in [0.4, 0.5) is 30.7 Å². The van der Waals surface area contributed by atoms with Crippen LogP contribution in [-0.4, -0.2) is 0 Å². The molecule has 0 nitrogen and oxygen atoms in total. The molecule has 0 atom stereocenters. The van der Waals surface area contributed by atoms with E-state index in [1.807, 2.05) is 0 Å². The maximum Gasteiger partial charge on any atom is 0.417 e. The van der Waals surface area contributed by atoms with Gasteiger partial charge in [-0.05, 0) is 11.6 Å². The van der Waals surface area contributed by atoms with Crippen molar-refractivity contribution in [3.05, 3.63) is 59.2 Å². The summed E-state index contributed by atoms with van der Waals surface area (Å²) < 4.78 is 91.3. The lowest BCUT2D eigenvalue weighted by Gasteiger charge is -2.14. The summed E-state index contributed by atoms with van der Waals surface area (Å²) in [5.74, 6) is -7.45. The minimum absolute atomic E-state index is 0.000894. The van der Waals surface area contributed by atoms with Gasteiger partial charge >= 0.3 is 6.18 Å². The summed E-state index contributed by atoms with van der Waals surface area (Å²) >= 11 is 0. The van der Waals surface area contributed by atoms with E-state index in [4.69, 9.17) is 0 Å². The second-order valence-electron chi connectivity index (χ2n) is 3.89. The van der Waals surface area contributed by atoms with E-state index >= 15 is 0 Å². The molecular formula is C13H5F7. The van der Waals surface area contributed by atoms with Crippen molar-refractivity contribution in [2.75, 3.05) is 0 Å². The lowest BCUT2D eigenvalue weighted by atomic mass is 9.98. The Morgan fingerprint density at radius 1 is 0.750 bits per heavy atom. The van der Waals surface area contributed by atoms with E-state index in [9.17, 15) is 30.7 Å². The molecule has 0 aliphatic rings. The molecule has 2 rings (SSSR count). The zero-order chi connectivity index (χ0) is 15.1. The molecule has 0 saturated heterocycles. The summed E-state index contributed by atoms with van der Waals surface area (Å²) in [5, 5.41) is 0. The first-order chi connectivity index (χ1) is 9.23. The highest BCUT2D eigenvalue weighted by Gasteiger charge is 2.35. The standard InChI is InChI=1S/C13H5F7/c14-8-5-9(15)11(16)12(17)10(8)6-3-1-2-4-7(6)13(18,19)20/h1-5H. The zero-order valence-corrected chi connectivity index (χ0v) is 9.53. The number of halogens is 7. The van der Waals surface area contributed by atoms with Crippen LogP contribution in [0.15, 0.2) is 30.3 Å². The van der Waals surface area contributed by atoms with E-state index in [0.29, 0.717) is 6.07 Å². The summed E-state index contributed by atoms with van der Waals surface area (Å²) in [6.07, 6.45) is -4.89. The summed E-state index contributed by atoms with van der Waals surface area (Å²) in [5.41, 5.74) is -3.49. The van der Waals surface area contributed by atoms with Gasteiger partial charge in [-0.2, -0.15) is 13.2 Å². The molecule has 0 radical (unpaired) electrons. The van der Waals surface area contributed by atoms with Crippen LogP contribution in [0.2, 0.25) is 0 Å². The predicted molar refractivity (Wildman–Crippen MR) is 56.7 cm³/mol. The SMILES string of the molecule is Fc1cc(F)c(-c2ccccc2C(F)(F)F)c(F)c1F. The van der Waals surface area contributed by atoms with Gasteiger partial charge in [0.25, 0.3) is 0 Å². The minimum Gasteiger partial charge on any atom is -0.206 e. The molecule has 0 aliphatic heterocycles. The maximum absolute atomic E-state index is 13.6. The van der Waals surface area contributed by atoms with Crippen molar-refractivity contribution in [2.24, 2.45) is 0 Å². The van der Waals surface area contributed by atoms with Crippen LogP contribution in [0, 0.1) is 23.3 Å². The first-order valence-electron chi connectivity index (χ1n) is 5.23. The van der Waals surface area contributed by atoms with E-state index in [1.54, 1.807) is 0 Å². The van der Waals surface area contributed by atoms with Crippen molar-refractivity contribution in [2.45, 2.75) is 6.18 Å². The van der Waals surface area contributed by atoms with Crippen molar-refractivity contribution >= 4 is 0 Å². The van der Waals surface area contributed by atoms with Gasteiger partial charge in [0.15, 0.2) is 17.5 Å². The Balaban J connectivity index is 2.80. The Bertz CT molecular complexity index is 658. The molecule has 0 bridgehead atoms. The fourth-order valence-corrected chi connectivity index (χ4v) is 1.76. The largest absolute Gasteiger partial charge is 0.417 e. The van der Waals surface area contributed by atoms with Crippen LogP contribution < -0.4 is 0 Å². The molecule has 0 aliphatic carbocycles. The van der Waals surface area contributed by atoms with E-state index in [1.165, 1.54) is 0 Å². The molecule has 7 heteroatoms. The van der Waals surface area contributed by atoms with Gasteiger partial charge in [-0.1, -0.05) is 18.2 Å². The normalized spacial score (nSPS) is 11.8. The van der Waals surface area contributed by atoms with E-state index in [-0.39, 0.29) is 6.07 Å². The Labute approximate surface area is 108 Å². The maximum atomic E-state index is 13.6. The lowest BCUT2D eigenvalue weighted by Crippen LogP contribution is -2.09. The summed E-state index contributed by atoms with van der Waals surface area (Å²) in [6, 6.07) is 3.49. The number of benzene rings is 2. The number of hydrogen-bond acceptors (Lipinski definition) is 0. The van der Waals surface area contributed by atoms with E-state index in [0.717, 1.165) is 18.2 Å². The molecule has 20 heavy (non-hydrogen) atoms. The average molecular weight is 294 g/mol. The lowest BCUT2D eigenvalue weighted by molar-refractivity contribution is -0.137. The van der Waals surface area contributed by atoms with Gasteiger partial charge in [0, 0.05) is 6.07 Å². The third kappa shape index (κ3) is 2.35. The Kier molecular flexibility index (Phi) is 3.45. The van der Waals surface area contributed by atoms with E-state index < -0.39 is 46.1 Å². The summed E-state index contributed by atoms with van der Waals surface area (Å²) in [4.78, 5) is 0. The van der Waals surface area contributed by atoms with Gasteiger partial charge < -0.3 is 0 Å². The highest BCUT2D eigenvalue weighted by Crippen LogP contribution is 2.39. The monoisotopic (exact) mass is 294 g/mol. The first kappa shape index (κ1) is 14.4. The van der Waals surface area contributed by atoms with Crippen LogP contribution >= 0.6 is 0 Å². The molecule has 0 aromatic heterocycles. The molecule has 0 fully saturated rings. The number of hydrogen-bond donors (Lipinski definition) is 0. The molecule has 0 heterocycles. The van der Waals surface area contributed by atoms with Crippen LogP contribution in [0.3, 0.4) is 0 Å². The first-order valence-corrected chi connectivity index (χ1v) is 5.23. The molecule has 0 unspecified atom stereocenters. The van der Waals surface area contributed by atoms with Crippen molar-refractivity contribution in [1.29, 1.82) is 0 Å². The van der Waals surface area contributed by atoms with Crippen molar-refractivity contribution in [3.63, 3.8) is 0 Å². The van der Waals surface area contributed by atoms with Gasteiger partial charge in [0.05, 0.1) is 11.1 Å². The minimum atomic E-state index is -4.89. The zero-order valence-electron chi connectivity index (χ0n) is 9.53. The van der Waals surface area contributed by atoms with E-state index in [2.05, 4.69) is 0 Å². The molecule has 2 aromatic carbocycles. The summed E-state index contributed by atoms with van der Waals surface area (Å²) in [7, 11) is 0. The Morgan fingerprint density at radius 2 is 1.35 bits per heavy atom. The van der Waals surface area contributed by atoms with Crippen molar-refractivity contribution in [1.82, 2.24) is 0 Å². The van der Waals surface area contributed by atoms with Crippen LogP contribution in [0.5, 0.6) is 0 Å².